The molecule has 0 aromatic heterocycles. The average Bonchev–Trinajstić information content (AvgIpc) is 2.86. The quantitative estimate of drug-likeness (QED) is 0.697. The molecule has 2 heterocycles. The zero-order valence-corrected chi connectivity index (χ0v) is 17.0. The molecule has 1 spiro atoms. The number of nitrogens with zero attached hydrogens (tertiary/aromatic N) is 2. The highest BCUT2D eigenvalue weighted by molar-refractivity contribution is 7.80. The number of rotatable bonds is 2. The molecular formula is C21H22ClN3OS. The predicted molar refractivity (Wildman–Crippen MR) is 116 cm³/mol. The minimum absolute atomic E-state index is 0.276. The second kappa shape index (κ2) is 6.89. The Bertz CT molecular complexity index is 882. The lowest BCUT2D eigenvalue weighted by Crippen LogP contribution is -2.60. The van der Waals surface area contributed by atoms with Crippen LogP contribution in [0, 0.1) is 0 Å². The number of ether oxygens (including phenoxy) is 1. The minimum atomic E-state index is -0.373. The van der Waals surface area contributed by atoms with Crippen LogP contribution < -0.4 is 10.2 Å². The van der Waals surface area contributed by atoms with E-state index in [4.69, 9.17) is 33.5 Å². The summed E-state index contributed by atoms with van der Waals surface area (Å²) in [5, 5.41) is 4.79. The summed E-state index contributed by atoms with van der Waals surface area (Å²) in [5.41, 5.74) is 1.35. The van der Waals surface area contributed by atoms with Gasteiger partial charge in [0.25, 0.3) is 0 Å². The molecule has 0 bridgehead atoms. The normalized spacial score (nSPS) is 24.2. The van der Waals surface area contributed by atoms with E-state index in [0.29, 0.717) is 16.7 Å². The van der Waals surface area contributed by atoms with Gasteiger partial charge >= 0.3 is 0 Å². The van der Waals surface area contributed by atoms with Gasteiger partial charge in [-0.25, -0.2) is 4.99 Å². The van der Waals surface area contributed by atoms with Gasteiger partial charge in [-0.15, -0.1) is 0 Å². The van der Waals surface area contributed by atoms with E-state index in [1.807, 2.05) is 54.6 Å². The fourth-order valence-electron chi connectivity index (χ4n) is 4.02. The maximum atomic E-state index is 6.10. The van der Waals surface area contributed by atoms with Crippen LogP contribution in [0.3, 0.4) is 0 Å². The van der Waals surface area contributed by atoms with Crippen molar-refractivity contribution in [1.29, 1.82) is 0 Å². The molecule has 4 nitrogen and oxygen atoms in total. The number of nitrogens with one attached hydrogen (secondary N) is 1. The fraction of sp³-hybridized carbons (Fsp3) is 0.333. The number of aliphatic imine (C=N–C) groups is 1. The fourth-order valence-corrected chi connectivity index (χ4v) is 4.52. The Morgan fingerprint density at radius 3 is 2.48 bits per heavy atom. The molecule has 0 radical (unpaired) electrons. The van der Waals surface area contributed by atoms with Gasteiger partial charge in [0.1, 0.15) is 11.4 Å². The number of hydrogen-bond donors (Lipinski definition) is 1. The Morgan fingerprint density at radius 2 is 1.81 bits per heavy atom. The summed E-state index contributed by atoms with van der Waals surface area (Å²) in [5.74, 6) is 0.880. The van der Waals surface area contributed by atoms with Crippen LogP contribution in [-0.4, -0.2) is 28.7 Å². The van der Waals surface area contributed by atoms with E-state index in [1.165, 1.54) is 0 Å². The third-order valence-corrected chi connectivity index (χ3v) is 5.64. The Balaban J connectivity index is 1.77. The molecule has 27 heavy (non-hydrogen) atoms. The van der Waals surface area contributed by atoms with E-state index in [-0.39, 0.29) is 11.1 Å². The summed E-state index contributed by atoms with van der Waals surface area (Å²) in [6.07, 6.45) is 1.58. The average molecular weight is 400 g/mol. The van der Waals surface area contributed by atoms with Crippen molar-refractivity contribution in [2.24, 2.45) is 4.99 Å². The van der Waals surface area contributed by atoms with Crippen LogP contribution in [0.5, 0.6) is 0 Å². The van der Waals surface area contributed by atoms with Crippen LogP contribution in [0.4, 0.5) is 11.4 Å². The molecule has 1 atom stereocenters. The number of amidine groups is 1. The molecule has 0 unspecified atom stereocenters. The lowest BCUT2D eigenvalue weighted by Gasteiger charge is -2.48. The van der Waals surface area contributed by atoms with Crippen molar-refractivity contribution in [1.82, 2.24) is 0 Å². The highest BCUT2D eigenvalue weighted by atomic mass is 35.5. The maximum absolute atomic E-state index is 6.10. The first-order chi connectivity index (χ1) is 12.9. The molecule has 2 aliphatic rings. The van der Waals surface area contributed by atoms with Gasteiger partial charge in [-0.05, 0) is 62.5 Å². The summed E-state index contributed by atoms with van der Waals surface area (Å²) < 4.78 is 6.02. The molecule has 1 fully saturated rings. The number of hydrogen-bond acceptors (Lipinski definition) is 3. The van der Waals surface area contributed by atoms with Crippen molar-refractivity contribution >= 4 is 46.1 Å². The van der Waals surface area contributed by atoms with Crippen LogP contribution in [-0.2, 0) is 4.74 Å². The van der Waals surface area contributed by atoms with Crippen LogP contribution in [0.25, 0.3) is 0 Å². The predicted octanol–water partition coefficient (Wildman–Crippen LogP) is 5.28. The zero-order valence-electron chi connectivity index (χ0n) is 15.4. The first kappa shape index (κ1) is 18.4. The lowest BCUT2D eigenvalue weighted by molar-refractivity contribution is -0.0661. The molecular weight excluding hydrogens is 378 g/mol. The third kappa shape index (κ3) is 3.47. The van der Waals surface area contributed by atoms with Gasteiger partial charge in [-0.2, -0.15) is 0 Å². The van der Waals surface area contributed by atoms with Crippen molar-refractivity contribution in [2.45, 2.75) is 37.8 Å². The van der Waals surface area contributed by atoms with Crippen molar-refractivity contribution in [3.63, 3.8) is 0 Å². The highest BCUT2D eigenvalue weighted by Gasteiger charge is 2.53. The van der Waals surface area contributed by atoms with Gasteiger partial charge in [-0.3, -0.25) is 0 Å². The molecule has 6 heteroatoms. The highest BCUT2D eigenvalue weighted by Crippen LogP contribution is 2.43. The molecule has 2 aliphatic heterocycles. The Hall–Kier alpha value is -1.95. The smallest absolute Gasteiger partial charge is 0.202 e. The summed E-state index contributed by atoms with van der Waals surface area (Å²) >= 11 is 11.8. The summed E-state index contributed by atoms with van der Waals surface area (Å²) in [7, 11) is 0. The monoisotopic (exact) mass is 399 g/mol. The van der Waals surface area contributed by atoms with Gasteiger partial charge in [-0.1, -0.05) is 29.8 Å². The zero-order chi connectivity index (χ0) is 19.1. The van der Waals surface area contributed by atoms with Crippen LogP contribution in [0.1, 0.15) is 26.7 Å². The van der Waals surface area contributed by atoms with E-state index < -0.39 is 0 Å². The van der Waals surface area contributed by atoms with Gasteiger partial charge in [0.15, 0.2) is 0 Å². The van der Waals surface area contributed by atoms with Crippen LogP contribution >= 0.6 is 23.8 Å². The number of benzene rings is 2. The molecule has 0 saturated carbocycles. The van der Waals surface area contributed by atoms with Gasteiger partial charge < -0.3 is 15.0 Å². The second-order valence-electron chi connectivity index (χ2n) is 7.61. The van der Waals surface area contributed by atoms with Crippen molar-refractivity contribution in [3.05, 3.63) is 59.6 Å². The Morgan fingerprint density at radius 1 is 1.11 bits per heavy atom. The molecule has 4 rings (SSSR count). The van der Waals surface area contributed by atoms with Gasteiger partial charge in [0.05, 0.1) is 5.60 Å². The van der Waals surface area contributed by atoms with E-state index >= 15 is 0 Å². The van der Waals surface area contributed by atoms with Crippen molar-refractivity contribution in [3.8, 4) is 0 Å². The number of anilines is 2. The van der Waals surface area contributed by atoms with Gasteiger partial charge in [0, 0.05) is 35.8 Å². The van der Waals surface area contributed by atoms with Crippen molar-refractivity contribution < 1.29 is 4.74 Å². The van der Waals surface area contributed by atoms with Gasteiger partial charge in [0.2, 0.25) is 5.11 Å². The maximum Gasteiger partial charge on any atom is 0.202 e. The summed E-state index contributed by atoms with van der Waals surface area (Å²) in [6.45, 7) is 4.89. The lowest BCUT2D eigenvalue weighted by atomic mass is 9.79. The third-order valence-electron chi connectivity index (χ3n) is 5.12. The SMILES string of the molecule is CC1(C)C[C@]2(CCO1)C(Nc1ccccc1)=NC(=S)N2c1ccc(Cl)cc1. The molecule has 1 N–H and O–H groups in total. The van der Waals surface area contributed by atoms with Crippen molar-refractivity contribution in [2.75, 3.05) is 16.8 Å². The molecule has 0 aliphatic carbocycles. The number of halogens is 1. The summed E-state index contributed by atoms with van der Waals surface area (Å²) in [6, 6.07) is 17.9. The molecule has 1 saturated heterocycles. The Kier molecular flexibility index (Phi) is 4.70. The largest absolute Gasteiger partial charge is 0.375 e. The minimum Gasteiger partial charge on any atom is -0.375 e. The molecule has 140 valence electrons. The van der Waals surface area contributed by atoms with E-state index in [2.05, 4.69) is 24.1 Å². The molecule has 2 aromatic carbocycles. The Labute approximate surface area is 170 Å². The van der Waals surface area contributed by atoms with E-state index in [9.17, 15) is 0 Å². The second-order valence-corrected chi connectivity index (χ2v) is 8.41. The first-order valence-electron chi connectivity index (χ1n) is 9.05. The van der Waals surface area contributed by atoms with E-state index in [1.54, 1.807) is 0 Å². The standard InChI is InChI=1S/C21H22ClN3OS/c1-20(2)14-21(12-13-26-20)18(23-16-6-4-3-5-7-16)24-19(27)25(21)17-10-8-15(22)9-11-17/h3-11H,12-14H2,1-2H3,(H,23,24,27)/t21-/m1/s1. The topological polar surface area (TPSA) is 36.9 Å². The molecule has 0 amide bonds. The van der Waals surface area contributed by atoms with Crippen LogP contribution in [0.2, 0.25) is 5.02 Å². The van der Waals surface area contributed by atoms with E-state index in [0.717, 1.165) is 30.1 Å². The molecule has 2 aromatic rings. The first-order valence-corrected chi connectivity index (χ1v) is 9.83. The number of thiocarbonyl (C=S) groups is 1. The van der Waals surface area contributed by atoms with Crippen LogP contribution in [0.15, 0.2) is 59.6 Å². The number of para-hydroxylation sites is 1. The summed E-state index contributed by atoms with van der Waals surface area (Å²) in [4.78, 5) is 6.94.